The van der Waals surface area contributed by atoms with Crippen LogP contribution < -0.4 is 15.4 Å². The second-order valence-electron chi connectivity index (χ2n) is 11.1. The molecule has 0 unspecified atom stereocenters. The van der Waals surface area contributed by atoms with Crippen molar-refractivity contribution in [2.45, 2.75) is 96.2 Å². The zero-order valence-electron chi connectivity index (χ0n) is 22.3. The lowest BCUT2D eigenvalue weighted by Gasteiger charge is -2.34. The van der Waals surface area contributed by atoms with Gasteiger partial charge < -0.3 is 25.0 Å². The van der Waals surface area contributed by atoms with Crippen LogP contribution in [-0.2, 0) is 4.74 Å². The highest BCUT2D eigenvalue weighted by Gasteiger charge is 2.28. The summed E-state index contributed by atoms with van der Waals surface area (Å²) in [5, 5.41) is 6.52. The highest BCUT2D eigenvalue weighted by atomic mass is 32.1. The normalized spacial score (nSPS) is 18.3. The predicted molar refractivity (Wildman–Crippen MR) is 147 cm³/mol. The number of thiocarbonyl (C=S) groups is 1. The Morgan fingerprint density at radius 1 is 1.06 bits per heavy atom. The third-order valence-corrected chi connectivity index (χ3v) is 7.46. The summed E-state index contributed by atoms with van der Waals surface area (Å²) in [6.07, 6.45) is 9.50. The smallest absolute Gasteiger partial charge is 0.408 e. The number of benzene rings is 1. The first-order valence-electron chi connectivity index (χ1n) is 13.4. The van der Waals surface area contributed by atoms with Crippen LogP contribution in [0.3, 0.4) is 0 Å². The van der Waals surface area contributed by atoms with E-state index in [1.54, 1.807) is 19.2 Å². The zero-order chi connectivity index (χ0) is 26.1. The minimum Gasteiger partial charge on any atom is -0.497 e. The molecule has 2 amide bonds. The van der Waals surface area contributed by atoms with Gasteiger partial charge in [-0.2, -0.15) is 0 Å². The van der Waals surface area contributed by atoms with Gasteiger partial charge in [-0.3, -0.25) is 4.79 Å². The Hall–Kier alpha value is -2.35. The van der Waals surface area contributed by atoms with Gasteiger partial charge in [-0.15, -0.1) is 0 Å². The first-order valence-corrected chi connectivity index (χ1v) is 13.8. The number of nitrogens with zero attached hydrogens (tertiary/aromatic N) is 1. The Morgan fingerprint density at radius 3 is 2.28 bits per heavy atom. The molecule has 2 aliphatic rings. The molecule has 1 saturated carbocycles. The van der Waals surface area contributed by atoms with E-state index in [1.807, 2.05) is 37.8 Å². The van der Waals surface area contributed by atoms with E-state index in [1.165, 1.54) is 32.1 Å². The monoisotopic (exact) mass is 517 g/mol. The molecule has 1 atom stereocenters. The second-order valence-corrected chi connectivity index (χ2v) is 11.5. The van der Waals surface area contributed by atoms with E-state index in [2.05, 4.69) is 10.6 Å². The van der Waals surface area contributed by atoms with E-state index in [9.17, 15) is 9.59 Å². The van der Waals surface area contributed by atoms with Crippen molar-refractivity contribution in [2.24, 2.45) is 5.92 Å². The van der Waals surface area contributed by atoms with Gasteiger partial charge in [0, 0.05) is 24.7 Å². The number of rotatable bonds is 8. The van der Waals surface area contributed by atoms with Gasteiger partial charge in [-0.1, -0.05) is 44.3 Å². The number of likely N-dealkylation sites (tertiary alicyclic amines) is 1. The van der Waals surface area contributed by atoms with Crippen LogP contribution in [-0.4, -0.2) is 59.8 Å². The lowest BCUT2D eigenvalue weighted by Crippen LogP contribution is -2.52. The van der Waals surface area contributed by atoms with Crippen molar-refractivity contribution in [2.75, 3.05) is 20.2 Å². The summed E-state index contributed by atoms with van der Waals surface area (Å²) >= 11 is 5.79. The fourth-order valence-corrected chi connectivity index (χ4v) is 5.39. The third kappa shape index (κ3) is 8.95. The van der Waals surface area contributed by atoms with Gasteiger partial charge in [0.25, 0.3) is 5.91 Å². The van der Waals surface area contributed by atoms with Gasteiger partial charge in [-0.25, -0.2) is 4.79 Å². The fraction of sp³-hybridized carbons (Fsp3) is 0.679. The number of carbonyl (C=O) groups is 2. The van der Waals surface area contributed by atoms with Gasteiger partial charge >= 0.3 is 6.09 Å². The lowest BCUT2D eigenvalue weighted by molar-refractivity contribution is 0.0513. The van der Waals surface area contributed by atoms with Gasteiger partial charge in [0.05, 0.1) is 18.1 Å². The van der Waals surface area contributed by atoms with Crippen molar-refractivity contribution >= 4 is 29.2 Å². The van der Waals surface area contributed by atoms with Crippen molar-refractivity contribution in [1.29, 1.82) is 0 Å². The standard InChI is InChI=1S/C28H43N3O4S/c1-28(2,3)35-27(33)30-24(15-10-20-8-6-5-7-9-20)25(36)29-22-16-18-31(19-17-22)26(32)21-11-13-23(34-4)14-12-21/h11-14,20,22,24H,5-10,15-19H2,1-4H3,(H,29,36)(H,30,33)/t24-/m1/s1. The Kier molecular flexibility index (Phi) is 10.4. The molecule has 0 aromatic heterocycles. The fourth-order valence-electron chi connectivity index (χ4n) is 5.04. The SMILES string of the molecule is COc1ccc(C(=O)N2CCC(NC(=S)[C@@H](CCC3CCCCC3)NC(=O)OC(C)(C)C)CC2)cc1. The number of amides is 2. The quantitative estimate of drug-likeness (QED) is 0.445. The molecule has 200 valence electrons. The Morgan fingerprint density at radius 2 is 1.69 bits per heavy atom. The van der Waals surface area contributed by atoms with Crippen LogP contribution in [0.5, 0.6) is 5.75 Å². The van der Waals surface area contributed by atoms with Crippen molar-refractivity contribution in [3.8, 4) is 5.75 Å². The number of hydrogen-bond acceptors (Lipinski definition) is 5. The zero-order valence-corrected chi connectivity index (χ0v) is 23.1. The number of hydrogen-bond donors (Lipinski definition) is 2. The highest BCUT2D eigenvalue weighted by Crippen LogP contribution is 2.28. The summed E-state index contributed by atoms with van der Waals surface area (Å²) in [6, 6.07) is 7.15. The van der Waals surface area contributed by atoms with Crippen LogP contribution in [0.1, 0.15) is 88.9 Å². The molecular formula is C28H43N3O4S. The molecule has 0 spiro atoms. The number of nitrogens with one attached hydrogen (secondary N) is 2. The Balaban J connectivity index is 1.52. The molecule has 2 fully saturated rings. The van der Waals surface area contributed by atoms with Gasteiger partial charge in [0.2, 0.25) is 0 Å². The maximum Gasteiger partial charge on any atom is 0.408 e. The molecule has 36 heavy (non-hydrogen) atoms. The van der Waals surface area contributed by atoms with Crippen LogP contribution in [0, 0.1) is 5.92 Å². The van der Waals surface area contributed by atoms with E-state index >= 15 is 0 Å². The van der Waals surface area contributed by atoms with E-state index in [4.69, 9.17) is 21.7 Å². The number of carbonyl (C=O) groups excluding carboxylic acids is 2. The summed E-state index contributed by atoms with van der Waals surface area (Å²) in [7, 11) is 1.61. The van der Waals surface area contributed by atoms with Crippen LogP contribution in [0.25, 0.3) is 0 Å². The first kappa shape index (κ1) is 28.2. The third-order valence-electron chi connectivity index (χ3n) is 7.06. The molecule has 1 aromatic rings. The largest absolute Gasteiger partial charge is 0.497 e. The molecule has 2 N–H and O–H groups in total. The number of ether oxygens (including phenoxy) is 2. The van der Waals surface area contributed by atoms with Crippen LogP contribution in [0.15, 0.2) is 24.3 Å². The maximum absolute atomic E-state index is 12.9. The maximum atomic E-state index is 12.9. The molecule has 1 aliphatic carbocycles. The van der Waals surface area contributed by atoms with Crippen molar-refractivity contribution < 1.29 is 19.1 Å². The molecule has 3 rings (SSSR count). The summed E-state index contributed by atoms with van der Waals surface area (Å²) in [6.45, 7) is 6.92. The van der Waals surface area contributed by atoms with Crippen LogP contribution in [0.4, 0.5) is 4.79 Å². The molecule has 1 aromatic carbocycles. The Labute approximate surface area is 221 Å². The molecule has 8 heteroatoms. The topological polar surface area (TPSA) is 79.9 Å². The predicted octanol–water partition coefficient (Wildman–Crippen LogP) is 5.47. The molecule has 1 saturated heterocycles. The summed E-state index contributed by atoms with van der Waals surface area (Å²) in [5.41, 5.74) is 0.109. The molecule has 7 nitrogen and oxygen atoms in total. The molecule has 0 bridgehead atoms. The van der Waals surface area contributed by atoms with E-state index in [-0.39, 0.29) is 18.0 Å². The van der Waals surface area contributed by atoms with E-state index in [0.717, 1.165) is 31.4 Å². The van der Waals surface area contributed by atoms with Crippen LogP contribution in [0.2, 0.25) is 0 Å². The minimum absolute atomic E-state index is 0.0376. The van der Waals surface area contributed by atoms with Crippen molar-refractivity contribution in [3.05, 3.63) is 29.8 Å². The van der Waals surface area contributed by atoms with Gasteiger partial charge in [0.15, 0.2) is 0 Å². The van der Waals surface area contributed by atoms with Crippen LogP contribution >= 0.6 is 12.2 Å². The first-order chi connectivity index (χ1) is 17.1. The second kappa shape index (κ2) is 13.3. The lowest BCUT2D eigenvalue weighted by atomic mass is 9.85. The molecule has 0 radical (unpaired) electrons. The number of piperidine rings is 1. The van der Waals surface area contributed by atoms with Gasteiger partial charge in [0.1, 0.15) is 11.4 Å². The number of methoxy groups -OCH3 is 1. The van der Waals surface area contributed by atoms with E-state index in [0.29, 0.717) is 29.6 Å². The summed E-state index contributed by atoms with van der Waals surface area (Å²) in [4.78, 5) is 28.0. The van der Waals surface area contributed by atoms with E-state index < -0.39 is 11.7 Å². The minimum atomic E-state index is -0.559. The average Bonchev–Trinajstić information content (AvgIpc) is 2.86. The van der Waals surface area contributed by atoms with Crippen molar-refractivity contribution in [3.63, 3.8) is 0 Å². The molecule has 1 aliphatic heterocycles. The van der Waals surface area contributed by atoms with Gasteiger partial charge in [-0.05, 0) is 76.6 Å². The summed E-state index contributed by atoms with van der Waals surface area (Å²) in [5.74, 6) is 1.48. The summed E-state index contributed by atoms with van der Waals surface area (Å²) < 4.78 is 10.7. The Bertz CT molecular complexity index is 870. The highest BCUT2D eigenvalue weighted by molar-refractivity contribution is 7.80. The average molecular weight is 518 g/mol. The molecule has 1 heterocycles. The van der Waals surface area contributed by atoms with Crippen molar-refractivity contribution in [1.82, 2.24) is 15.5 Å². The number of alkyl carbamates (subject to hydrolysis) is 1. The molecular weight excluding hydrogens is 474 g/mol.